The minimum Gasteiger partial charge on any atom is -0.355 e. The molecule has 2 aliphatic rings. The second kappa shape index (κ2) is 8.69. The maximum absolute atomic E-state index is 13.1. The maximum Gasteiger partial charge on any atom is 0.270 e. The van der Waals surface area contributed by atoms with Gasteiger partial charge < -0.3 is 9.80 Å². The number of carbonyl (C=O) groups is 1. The van der Waals surface area contributed by atoms with Crippen LogP contribution in [0.15, 0.2) is 9.70 Å². The van der Waals surface area contributed by atoms with Crippen LogP contribution in [0.4, 0.5) is 5.82 Å². The average Bonchev–Trinajstić information content (AvgIpc) is 2.94. The Hall–Kier alpha value is -2.15. The molecule has 0 spiro atoms. The first kappa shape index (κ1) is 21.6. The van der Waals surface area contributed by atoms with E-state index in [1.807, 2.05) is 6.92 Å². The summed E-state index contributed by atoms with van der Waals surface area (Å²) < 4.78 is 2.21. The Morgan fingerprint density at radius 2 is 1.86 bits per heavy atom. The number of thioether (sulfide) groups is 1. The maximum atomic E-state index is 13.1. The highest BCUT2D eigenvalue weighted by Gasteiger charge is 2.31. The summed E-state index contributed by atoms with van der Waals surface area (Å²) in [6.45, 7) is 7.64. The Kier molecular flexibility index (Phi) is 6.46. The fourth-order valence-corrected chi connectivity index (χ4v) is 4.77. The van der Waals surface area contributed by atoms with Gasteiger partial charge in [0, 0.05) is 45.3 Å². The van der Waals surface area contributed by atoms with Crippen molar-refractivity contribution in [2.45, 2.75) is 26.8 Å². The molecule has 0 saturated carbocycles. The third kappa shape index (κ3) is 3.97. The first-order valence-corrected chi connectivity index (χ1v) is 10.8. The number of carbonyl (C=O) groups excluding carboxylic acids is 1. The Balaban J connectivity index is 2.26. The largest absolute Gasteiger partial charge is 0.355 e. The molecular weight excluding hydrogens is 406 g/mol. The molecule has 9 heteroatoms. The number of amides is 1. The van der Waals surface area contributed by atoms with E-state index in [0.717, 1.165) is 44.0 Å². The lowest BCUT2D eigenvalue weighted by molar-refractivity contribution is -0.121. The van der Waals surface area contributed by atoms with Crippen molar-refractivity contribution in [3.63, 3.8) is 0 Å². The van der Waals surface area contributed by atoms with Gasteiger partial charge in [-0.1, -0.05) is 30.9 Å². The van der Waals surface area contributed by atoms with Crippen molar-refractivity contribution in [1.29, 1.82) is 5.26 Å². The fraction of sp³-hybridized carbons (Fsp3) is 0.500. The topological polar surface area (TPSA) is 72.6 Å². The lowest BCUT2D eigenvalue weighted by Gasteiger charge is -2.36. The zero-order valence-electron chi connectivity index (χ0n) is 17.2. The molecule has 3 heterocycles. The van der Waals surface area contributed by atoms with E-state index in [-0.39, 0.29) is 17.0 Å². The van der Waals surface area contributed by atoms with E-state index in [1.165, 1.54) is 16.7 Å². The van der Waals surface area contributed by atoms with Gasteiger partial charge in [0.25, 0.3) is 11.5 Å². The Morgan fingerprint density at radius 1 is 1.21 bits per heavy atom. The van der Waals surface area contributed by atoms with E-state index in [1.54, 1.807) is 24.6 Å². The zero-order chi connectivity index (χ0) is 21.3. The number of anilines is 1. The zero-order valence-corrected chi connectivity index (χ0v) is 18.8. The number of nitriles is 1. The van der Waals surface area contributed by atoms with E-state index >= 15 is 0 Å². The molecule has 1 aromatic rings. The highest BCUT2D eigenvalue weighted by molar-refractivity contribution is 8.26. The second-order valence-corrected chi connectivity index (χ2v) is 9.01. The summed E-state index contributed by atoms with van der Waals surface area (Å²) in [6, 6.07) is 2.08. The number of nitrogens with zero attached hydrogens (tertiary/aromatic N) is 5. The third-order valence-electron chi connectivity index (χ3n) is 5.36. The second-order valence-electron chi connectivity index (χ2n) is 7.34. The molecule has 1 amide bonds. The number of aromatic nitrogens is 1. The van der Waals surface area contributed by atoms with Crippen molar-refractivity contribution < 1.29 is 4.79 Å². The number of rotatable bonds is 4. The van der Waals surface area contributed by atoms with Crippen LogP contribution in [0.2, 0.25) is 0 Å². The molecular formula is C20H25N5O2S2. The van der Waals surface area contributed by atoms with Crippen LogP contribution in [0.3, 0.4) is 0 Å². The molecule has 1 aromatic heterocycles. The number of hydrogen-bond donors (Lipinski definition) is 0. The van der Waals surface area contributed by atoms with Crippen LogP contribution < -0.4 is 10.5 Å². The molecule has 0 unspecified atom stereocenters. The number of thiocarbonyl (C=S) groups is 1. The van der Waals surface area contributed by atoms with E-state index in [4.69, 9.17) is 12.2 Å². The minimum atomic E-state index is -0.263. The summed E-state index contributed by atoms with van der Waals surface area (Å²) in [5.74, 6) is 0.637. The van der Waals surface area contributed by atoms with Gasteiger partial charge in [-0.3, -0.25) is 19.1 Å². The number of hydrogen-bond acceptors (Lipinski definition) is 7. The molecule has 7 nitrogen and oxygen atoms in total. The predicted octanol–water partition coefficient (Wildman–Crippen LogP) is 2.02. The summed E-state index contributed by atoms with van der Waals surface area (Å²) in [6.07, 6.45) is 2.57. The smallest absolute Gasteiger partial charge is 0.270 e. The van der Waals surface area contributed by atoms with Gasteiger partial charge in [-0.2, -0.15) is 5.26 Å². The molecule has 154 valence electrons. The monoisotopic (exact) mass is 431 g/mol. The van der Waals surface area contributed by atoms with Crippen LogP contribution in [0.1, 0.15) is 30.0 Å². The average molecular weight is 432 g/mol. The fourth-order valence-electron chi connectivity index (χ4n) is 3.61. The molecule has 2 aliphatic heterocycles. The van der Waals surface area contributed by atoms with Gasteiger partial charge >= 0.3 is 0 Å². The van der Waals surface area contributed by atoms with Crippen LogP contribution in [0.25, 0.3) is 6.08 Å². The van der Waals surface area contributed by atoms with Crippen LogP contribution in [-0.4, -0.2) is 64.9 Å². The molecule has 29 heavy (non-hydrogen) atoms. The molecule has 0 aromatic carbocycles. The normalized spacial score (nSPS) is 19.3. The first-order valence-electron chi connectivity index (χ1n) is 9.62. The molecule has 0 N–H and O–H groups in total. The lowest BCUT2D eigenvalue weighted by Crippen LogP contribution is -2.47. The Labute approximate surface area is 180 Å². The number of piperazine rings is 1. The van der Waals surface area contributed by atoms with E-state index in [9.17, 15) is 14.9 Å². The SMILES string of the molecule is CCCn1c(N2CCN(C)CC2)c(/C=C2\SC(=S)N(C)C2=O)c(C)c(C#N)c1=O. The molecule has 3 rings (SSSR count). The van der Waals surface area contributed by atoms with Crippen LogP contribution in [0, 0.1) is 18.3 Å². The summed E-state index contributed by atoms with van der Waals surface area (Å²) in [4.78, 5) is 32.1. The van der Waals surface area contributed by atoms with Gasteiger partial charge in [0.1, 0.15) is 21.8 Å². The highest BCUT2D eigenvalue weighted by atomic mass is 32.2. The van der Waals surface area contributed by atoms with E-state index in [0.29, 0.717) is 21.3 Å². The van der Waals surface area contributed by atoms with Crippen molar-refractivity contribution >= 4 is 46.1 Å². The third-order valence-corrected chi connectivity index (χ3v) is 6.84. The summed E-state index contributed by atoms with van der Waals surface area (Å²) >= 11 is 6.51. The van der Waals surface area contributed by atoms with Gasteiger partial charge in [0.05, 0.1) is 4.91 Å². The van der Waals surface area contributed by atoms with Gasteiger partial charge in [0.2, 0.25) is 0 Å². The van der Waals surface area contributed by atoms with Gasteiger partial charge in [-0.15, -0.1) is 0 Å². The molecule has 0 atom stereocenters. The standard InChI is InChI=1S/C20H25N5O2S2/c1-5-6-25-17(24-9-7-22(3)8-10-24)14(13(2)15(12-21)18(25)26)11-16-19(27)23(4)20(28)29-16/h11H,5-10H2,1-4H3/b16-11-. The van der Waals surface area contributed by atoms with Crippen LogP contribution in [-0.2, 0) is 11.3 Å². The van der Waals surface area contributed by atoms with Gasteiger partial charge in [0.15, 0.2) is 0 Å². The predicted molar refractivity (Wildman–Crippen MR) is 121 cm³/mol. The molecule has 0 bridgehead atoms. The van der Waals surface area contributed by atoms with Crippen molar-refractivity contribution in [2.75, 3.05) is 45.2 Å². The van der Waals surface area contributed by atoms with Gasteiger partial charge in [-0.05, 0) is 32.0 Å². The quantitative estimate of drug-likeness (QED) is 0.533. The van der Waals surface area contributed by atoms with Gasteiger partial charge in [-0.25, -0.2) is 0 Å². The van der Waals surface area contributed by atoms with Crippen LogP contribution in [0.5, 0.6) is 0 Å². The Bertz CT molecular complexity index is 984. The van der Waals surface area contributed by atoms with Crippen molar-refractivity contribution in [3.8, 4) is 6.07 Å². The number of likely N-dealkylation sites (N-methyl/N-ethyl adjacent to an activating group) is 2. The molecule has 0 radical (unpaired) electrons. The summed E-state index contributed by atoms with van der Waals surface area (Å²) in [7, 11) is 3.74. The van der Waals surface area contributed by atoms with E-state index in [2.05, 4.69) is 22.9 Å². The highest BCUT2D eigenvalue weighted by Crippen LogP contribution is 2.35. The Morgan fingerprint density at radius 3 is 2.38 bits per heavy atom. The van der Waals surface area contributed by atoms with Crippen LogP contribution >= 0.6 is 24.0 Å². The molecule has 0 aliphatic carbocycles. The summed E-state index contributed by atoms with van der Waals surface area (Å²) in [5, 5.41) is 9.64. The first-order chi connectivity index (χ1) is 13.8. The molecule has 2 saturated heterocycles. The van der Waals surface area contributed by atoms with Crippen molar-refractivity contribution in [2.24, 2.45) is 0 Å². The number of pyridine rings is 1. The van der Waals surface area contributed by atoms with Crippen molar-refractivity contribution in [1.82, 2.24) is 14.4 Å². The van der Waals surface area contributed by atoms with E-state index < -0.39 is 0 Å². The summed E-state index contributed by atoms with van der Waals surface area (Å²) in [5.41, 5.74) is 1.24. The minimum absolute atomic E-state index is 0.134. The molecule has 2 fully saturated rings. The lowest BCUT2D eigenvalue weighted by atomic mass is 10.0. The van der Waals surface area contributed by atoms with Crippen molar-refractivity contribution in [3.05, 3.63) is 31.9 Å².